The fraction of sp³-hybridized carbons (Fsp3) is 0.474. The van der Waals surface area contributed by atoms with Crippen LogP contribution in [-0.2, 0) is 20.8 Å². The number of nitriles is 1. The quantitative estimate of drug-likeness (QED) is 0.466. The van der Waals surface area contributed by atoms with Crippen LogP contribution in [0.4, 0.5) is 0 Å². The summed E-state index contributed by atoms with van der Waals surface area (Å²) in [6.07, 6.45) is 3.79. The zero-order chi connectivity index (χ0) is 17.8. The fourth-order valence-corrected chi connectivity index (χ4v) is 3.60. The van der Waals surface area contributed by atoms with Crippen LogP contribution >= 0.6 is 0 Å². The third-order valence-corrected chi connectivity index (χ3v) is 4.91. The second kappa shape index (κ2) is 7.47. The average molecular weight is 340 g/mol. The van der Waals surface area contributed by atoms with Gasteiger partial charge in [0.15, 0.2) is 0 Å². The fourth-order valence-electron chi connectivity index (χ4n) is 3.60. The summed E-state index contributed by atoms with van der Waals surface area (Å²) < 4.78 is 5.23. The number of hydrogen-bond acceptors (Lipinski definition) is 5. The maximum Gasteiger partial charge on any atom is 0.312 e. The van der Waals surface area contributed by atoms with Crippen molar-refractivity contribution < 1.29 is 19.1 Å². The van der Waals surface area contributed by atoms with Gasteiger partial charge in [0.05, 0.1) is 30.7 Å². The summed E-state index contributed by atoms with van der Waals surface area (Å²) in [6.45, 7) is 0.0794. The van der Waals surface area contributed by atoms with E-state index < -0.39 is 5.97 Å². The molecule has 1 aromatic rings. The first-order chi connectivity index (χ1) is 12.1. The Morgan fingerprint density at radius 1 is 1.12 bits per heavy atom. The molecular formula is C19H20N2O4. The predicted octanol–water partition coefficient (Wildman–Crippen LogP) is 2.22. The lowest BCUT2D eigenvalue weighted by Gasteiger charge is -2.19. The maximum absolute atomic E-state index is 12.3. The Morgan fingerprint density at radius 3 is 2.28 bits per heavy atom. The van der Waals surface area contributed by atoms with E-state index in [1.54, 1.807) is 24.3 Å². The minimum Gasteiger partial charge on any atom is -0.426 e. The second-order valence-electron chi connectivity index (χ2n) is 6.53. The zero-order valence-electron chi connectivity index (χ0n) is 13.9. The first kappa shape index (κ1) is 17.2. The van der Waals surface area contributed by atoms with E-state index >= 15 is 0 Å². The number of imide groups is 1. The lowest BCUT2D eigenvalue weighted by Crippen LogP contribution is -2.33. The van der Waals surface area contributed by atoms with Crippen molar-refractivity contribution in [1.82, 2.24) is 4.90 Å². The lowest BCUT2D eigenvalue weighted by molar-refractivity contribution is -0.141. The van der Waals surface area contributed by atoms with Crippen molar-refractivity contribution in [2.45, 2.75) is 38.5 Å². The standard InChI is InChI=1S/C19H20N2O4/c20-11-9-13-5-7-14(8-6-13)25-17(22)10-12-21-18(23)15-3-1-2-4-16(15)19(21)24/h5-8,15-16H,1-4,9-10,12H2/t15-,16-/m0/s1. The number of carbonyl (C=O) groups is 3. The molecule has 0 aromatic heterocycles. The molecule has 0 unspecified atom stereocenters. The number of fused-ring (bicyclic) bond motifs is 1. The molecule has 2 amide bonds. The minimum atomic E-state index is -0.483. The Bertz CT molecular complexity index is 696. The van der Waals surface area contributed by atoms with Crippen LogP contribution in [0.3, 0.4) is 0 Å². The van der Waals surface area contributed by atoms with Gasteiger partial charge >= 0.3 is 5.97 Å². The number of carbonyl (C=O) groups excluding carboxylic acids is 3. The van der Waals surface area contributed by atoms with Crippen molar-refractivity contribution in [3.8, 4) is 11.8 Å². The van der Waals surface area contributed by atoms with Gasteiger partial charge in [0.1, 0.15) is 5.75 Å². The number of likely N-dealkylation sites (tertiary alicyclic amines) is 1. The summed E-state index contributed by atoms with van der Waals surface area (Å²) in [5, 5.41) is 8.63. The molecule has 1 aliphatic carbocycles. The molecule has 1 aliphatic heterocycles. The summed E-state index contributed by atoms with van der Waals surface area (Å²) in [5.74, 6) is -0.746. The largest absolute Gasteiger partial charge is 0.426 e. The lowest BCUT2D eigenvalue weighted by atomic mass is 9.81. The van der Waals surface area contributed by atoms with Gasteiger partial charge in [-0.2, -0.15) is 5.26 Å². The van der Waals surface area contributed by atoms with Crippen molar-refractivity contribution in [2.24, 2.45) is 11.8 Å². The van der Waals surface area contributed by atoms with Crippen LogP contribution in [0.1, 0.15) is 37.7 Å². The summed E-state index contributed by atoms with van der Waals surface area (Å²) >= 11 is 0. The van der Waals surface area contributed by atoms with Gasteiger partial charge in [-0.25, -0.2) is 0 Å². The highest BCUT2D eigenvalue weighted by Crippen LogP contribution is 2.37. The third kappa shape index (κ3) is 3.71. The van der Waals surface area contributed by atoms with Crippen molar-refractivity contribution >= 4 is 17.8 Å². The molecule has 2 atom stereocenters. The molecule has 1 saturated heterocycles. The molecule has 1 heterocycles. The average Bonchev–Trinajstić information content (AvgIpc) is 2.86. The smallest absolute Gasteiger partial charge is 0.312 e. The van der Waals surface area contributed by atoms with Crippen molar-refractivity contribution in [3.63, 3.8) is 0 Å². The molecule has 0 bridgehead atoms. The van der Waals surface area contributed by atoms with E-state index in [0.29, 0.717) is 12.2 Å². The Labute approximate surface area is 146 Å². The molecule has 1 saturated carbocycles. The van der Waals surface area contributed by atoms with Gasteiger partial charge in [0.2, 0.25) is 11.8 Å². The zero-order valence-corrected chi connectivity index (χ0v) is 13.9. The first-order valence-corrected chi connectivity index (χ1v) is 8.62. The molecule has 6 nitrogen and oxygen atoms in total. The van der Waals surface area contributed by atoms with E-state index in [1.807, 2.05) is 6.07 Å². The topological polar surface area (TPSA) is 87.5 Å². The van der Waals surface area contributed by atoms with Gasteiger partial charge in [-0.1, -0.05) is 25.0 Å². The van der Waals surface area contributed by atoms with Crippen LogP contribution < -0.4 is 4.74 Å². The molecule has 2 aliphatic rings. The van der Waals surface area contributed by atoms with E-state index in [2.05, 4.69) is 0 Å². The number of hydrogen-bond donors (Lipinski definition) is 0. The summed E-state index contributed by atoms with van der Waals surface area (Å²) in [4.78, 5) is 37.9. The molecule has 0 radical (unpaired) electrons. The van der Waals surface area contributed by atoms with Crippen molar-refractivity contribution in [3.05, 3.63) is 29.8 Å². The van der Waals surface area contributed by atoms with E-state index in [1.165, 1.54) is 4.90 Å². The number of esters is 1. The summed E-state index contributed by atoms with van der Waals surface area (Å²) in [5.41, 5.74) is 0.846. The van der Waals surface area contributed by atoms with Crippen molar-refractivity contribution in [1.29, 1.82) is 5.26 Å². The summed E-state index contributed by atoms with van der Waals surface area (Å²) in [7, 11) is 0. The number of amides is 2. The Morgan fingerprint density at radius 2 is 1.72 bits per heavy atom. The Hall–Kier alpha value is -2.68. The van der Waals surface area contributed by atoms with Gasteiger partial charge in [-0.05, 0) is 30.5 Å². The molecule has 130 valence electrons. The van der Waals surface area contributed by atoms with Crippen LogP contribution in [0.15, 0.2) is 24.3 Å². The van der Waals surface area contributed by atoms with Crippen LogP contribution in [0, 0.1) is 23.2 Å². The van der Waals surface area contributed by atoms with Gasteiger partial charge in [-0.3, -0.25) is 19.3 Å². The first-order valence-electron chi connectivity index (χ1n) is 8.62. The van der Waals surface area contributed by atoms with E-state index in [4.69, 9.17) is 10.00 Å². The SMILES string of the molecule is N#CCc1ccc(OC(=O)CCN2C(=O)[C@H]3CCCC[C@@H]3C2=O)cc1. The number of benzene rings is 1. The molecule has 1 aromatic carbocycles. The van der Waals surface area contributed by atoms with E-state index in [9.17, 15) is 14.4 Å². The molecule has 3 rings (SSSR count). The molecule has 6 heteroatoms. The number of ether oxygens (including phenoxy) is 1. The van der Waals surface area contributed by atoms with Gasteiger partial charge in [-0.15, -0.1) is 0 Å². The third-order valence-electron chi connectivity index (χ3n) is 4.91. The van der Waals surface area contributed by atoms with Crippen molar-refractivity contribution in [2.75, 3.05) is 6.54 Å². The Kier molecular flexibility index (Phi) is 5.13. The van der Waals surface area contributed by atoms with Crippen LogP contribution in [0.25, 0.3) is 0 Å². The number of rotatable bonds is 5. The van der Waals surface area contributed by atoms with Gasteiger partial charge in [0.25, 0.3) is 0 Å². The minimum absolute atomic E-state index is 0.0170. The molecular weight excluding hydrogens is 320 g/mol. The van der Waals surface area contributed by atoms with Gasteiger partial charge in [0, 0.05) is 6.54 Å². The molecule has 0 spiro atoms. The van der Waals surface area contributed by atoms with E-state index in [0.717, 1.165) is 31.2 Å². The second-order valence-corrected chi connectivity index (χ2v) is 6.53. The van der Waals surface area contributed by atoms with Crippen LogP contribution in [-0.4, -0.2) is 29.2 Å². The normalized spacial score (nSPS) is 22.4. The highest BCUT2D eigenvalue weighted by atomic mass is 16.5. The molecule has 0 N–H and O–H groups in total. The summed E-state index contributed by atoms with van der Waals surface area (Å²) in [6, 6.07) is 8.76. The van der Waals surface area contributed by atoms with Gasteiger partial charge < -0.3 is 4.74 Å². The monoisotopic (exact) mass is 340 g/mol. The van der Waals surface area contributed by atoms with Crippen LogP contribution in [0.2, 0.25) is 0 Å². The molecule has 2 fully saturated rings. The Balaban J connectivity index is 1.53. The highest BCUT2D eigenvalue weighted by molar-refractivity contribution is 6.05. The number of nitrogens with zero attached hydrogens (tertiary/aromatic N) is 2. The highest BCUT2D eigenvalue weighted by Gasteiger charge is 2.47. The van der Waals surface area contributed by atoms with E-state index in [-0.39, 0.29) is 36.6 Å². The maximum atomic E-state index is 12.3. The van der Waals surface area contributed by atoms with Crippen LogP contribution in [0.5, 0.6) is 5.75 Å². The molecule has 25 heavy (non-hydrogen) atoms. The predicted molar refractivity (Wildman–Crippen MR) is 88.2 cm³/mol.